The molecule has 0 unspecified atom stereocenters. The van der Waals surface area contributed by atoms with E-state index in [2.05, 4.69) is 0 Å². The normalized spacial score (nSPS) is 11.2. The molecule has 0 amide bonds. The van der Waals surface area contributed by atoms with Gasteiger partial charge in [0.25, 0.3) is 0 Å². The summed E-state index contributed by atoms with van der Waals surface area (Å²) in [4.78, 5) is 13.0. The number of hydrogen-bond donors (Lipinski definition) is 0. The van der Waals surface area contributed by atoms with E-state index in [1.165, 1.54) is 7.11 Å². The Labute approximate surface area is 131 Å². The summed E-state index contributed by atoms with van der Waals surface area (Å²) in [6.07, 6.45) is 0. The molecule has 114 valence electrons. The van der Waals surface area contributed by atoms with Gasteiger partial charge in [0.2, 0.25) is 11.2 Å². The molecule has 1 heterocycles. The number of methoxy groups -OCH3 is 2. The quantitative estimate of drug-likeness (QED) is 0.413. The summed E-state index contributed by atoms with van der Waals surface area (Å²) in [7, 11) is 3.08. The standard InChI is InChI=1S/C19H14O4/c1-21-15-10-8-13-17(20)16-12-6-4-3-5-11(12)7-9-14(16)23-18(13)19(15)22-2/h3-10H,1-2H3. The van der Waals surface area contributed by atoms with Gasteiger partial charge in [0.05, 0.1) is 25.0 Å². The van der Waals surface area contributed by atoms with Crippen molar-refractivity contribution in [2.45, 2.75) is 0 Å². The van der Waals surface area contributed by atoms with Gasteiger partial charge in [-0.05, 0) is 29.0 Å². The highest BCUT2D eigenvalue weighted by Gasteiger charge is 2.17. The molecule has 0 aliphatic rings. The molecule has 0 spiro atoms. The largest absolute Gasteiger partial charge is 0.493 e. The van der Waals surface area contributed by atoms with Gasteiger partial charge in [-0.1, -0.05) is 30.3 Å². The van der Waals surface area contributed by atoms with Crippen LogP contribution < -0.4 is 14.9 Å². The van der Waals surface area contributed by atoms with Gasteiger partial charge >= 0.3 is 0 Å². The Bertz CT molecular complexity index is 1110. The van der Waals surface area contributed by atoms with Gasteiger partial charge in [0, 0.05) is 0 Å². The van der Waals surface area contributed by atoms with Crippen LogP contribution in [-0.4, -0.2) is 14.2 Å². The lowest BCUT2D eigenvalue weighted by Crippen LogP contribution is -2.04. The molecule has 3 aromatic carbocycles. The molecule has 0 saturated heterocycles. The molecule has 0 bridgehead atoms. The van der Waals surface area contributed by atoms with Gasteiger partial charge in [-0.25, -0.2) is 0 Å². The maximum Gasteiger partial charge on any atom is 0.204 e. The maximum absolute atomic E-state index is 13.0. The minimum Gasteiger partial charge on any atom is -0.493 e. The molecule has 0 aliphatic carbocycles. The molecule has 23 heavy (non-hydrogen) atoms. The van der Waals surface area contributed by atoms with Gasteiger partial charge in [-0.15, -0.1) is 0 Å². The van der Waals surface area contributed by atoms with E-state index in [1.807, 2.05) is 36.4 Å². The predicted octanol–water partition coefficient (Wildman–Crippen LogP) is 4.12. The summed E-state index contributed by atoms with van der Waals surface area (Å²) in [5.74, 6) is 0.959. The van der Waals surface area contributed by atoms with E-state index >= 15 is 0 Å². The van der Waals surface area contributed by atoms with Crippen LogP contribution in [-0.2, 0) is 0 Å². The van der Waals surface area contributed by atoms with E-state index in [9.17, 15) is 4.79 Å². The Balaban J connectivity index is 2.26. The Hall–Kier alpha value is -3.01. The van der Waals surface area contributed by atoms with Crippen molar-refractivity contribution < 1.29 is 13.9 Å². The third-order valence-corrected chi connectivity index (χ3v) is 4.07. The molecule has 4 nitrogen and oxygen atoms in total. The van der Waals surface area contributed by atoms with Gasteiger partial charge in [-0.3, -0.25) is 4.79 Å². The Kier molecular flexibility index (Phi) is 2.98. The minimum atomic E-state index is -0.0704. The van der Waals surface area contributed by atoms with Crippen molar-refractivity contribution in [3.05, 3.63) is 58.8 Å². The smallest absolute Gasteiger partial charge is 0.204 e. The molecule has 0 aliphatic heterocycles. The van der Waals surface area contributed by atoms with E-state index in [1.54, 1.807) is 19.2 Å². The monoisotopic (exact) mass is 306 g/mol. The minimum absolute atomic E-state index is 0.0704. The molecule has 0 fully saturated rings. The average molecular weight is 306 g/mol. The van der Waals surface area contributed by atoms with Crippen molar-refractivity contribution in [3.63, 3.8) is 0 Å². The summed E-state index contributed by atoms with van der Waals surface area (Å²) in [6, 6.07) is 15.0. The zero-order valence-electron chi connectivity index (χ0n) is 12.8. The first-order valence-corrected chi connectivity index (χ1v) is 7.24. The van der Waals surface area contributed by atoms with Crippen molar-refractivity contribution in [3.8, 4) is 11.5 Å². The zero-order valence-corrected chi connectivity index (χ0v) is 12.8. The number of rotatable bonds is 2. The lowest BCUT2D eigenvalue weighted by Gasteiger charge is -2.11. The van der Waals surface area contributed by atoms with Crippen LogP contribution in [0.25, 0.3) is 32.7 Å². The average Bonchev–Trinajstić information content (AvgIpc) is 2.60. The summed E-state index contributed by atoms with van der Waals surface area (Å²) in [5, 5.41) is 2.96. The van der Waals surface area contributed by atoms with Crippen LogP contribution in [0.2, 0.25) is 0 Å². The molecule has 0 saturated carbocycles. The van der Waals surface area contributed by atoms with Crippen LogP contribution in [0.5, 0.6) is 11.5 Å². The molecule has 4 rings (SSSR count). The first-order valence-electron chi connectivity index (χ1n) is 7.24. The summed E-state index contributed by atoms with van der Waals surface area (Å²) >= 11 is 0. The van der Waals surface area contributed by atoms with Crippen molar-refractivity contribution in [1.82, 2.24) is 0 Å². The van der Waals surface area contributed by atoms with Gasteiger partial charge < -0.3 is 13.9 Å². The molecular formula is C19H14O4. The van der Waals surface area contributed by atoms with Crippen LogP contribution in [0, 0.1) is 0 Å². The van der Waals surface area contributed by atoms with Crippen molar-refractivity contribution in [2.24, 2.45) is 0 Å². The lowest BCUT2D eigenvalue weighted by molar-refractivity contribution is 0.354. The maximum atomic E-state index is 13.0. The number of benzene rings is 3. The Morgan fingerprint density at radius 3 is 2.48 bits per heavy atom. The highest BCUT2D eigenvalue weighted by atomic mass is 16.5. The first-order chi connectivity index (χ1) is 11.2. The van der Waals surface area contributed by atoms with E-state index in [4.69, 9.17) is 13.9 Å². The fraction of sp³-hybridized carbons (Fsp3) is 0.105. The summed E-state index contributed by atoms with van der Waals surface area (Å²) in [5.41, 5.74) is 0.867. The zero-order chi connectivity index (χ0) is 16.0. The Morgan fingerprint density at radius 1 is 0.870 bits per heavy atom. The molecule has 0 atom stereocenters. The van der Waals surface area contributed by atoms with Crippen molar-refractivity contribution in [2.75, 3.05) is 14.2 Å². The fourth-order valence-corrected chi connectivity index (χ4v) is 2.99. The van der Waals surface area contributed by atoms with Gasteiger partial charge in [-0.2, -0.15) is 0 Å². The second-order valence-electron chi connectivity index (χ2n) is 5.27. The number of fused-ring (bicyclic) bond motifs is 4. The van der Waals surface area contributed by atoms with E-state index < -0.39 is 0 Å². The topological polar surface area (TPSA) is 48.7 Å². The van der Waals surface area contributed by atoms with Crippen LogP contribution >= 0.6 is 0 Å². The lowest BCUT2D eigenvalue weighted by atomic mass is 10.0. The highest BCUT2D eigenvalue weighted by Crippen LogP contribution is 2.36. The molecule has 0 N–H and O–H groups in total. The van der Waals surface area contributed by atoms with Crippen LogP contribution in [0.4, 0.5) is 0 Å². The third-order valence-electron chi connectivity index (χ3n) is 4.07. The van der Waals surface area contributed by atoms with E-state index in [-0.39, 0.29) is 5.43 Å². The summed E-state index contributed by atoms with van der Waals surface area (Å²) < 4.78 is 16.7. The van der Waals surface area contributed by atoms with Crippen LogP contribution in [0.3, 0.4) is 0 Å². The second-order valence-corrected chi connectivity index (χ2v) is 5.27. The SMILES string of the molecule is COc1ccc2c(=O)c3c(ccc4ccccc43)oc2c1OC. The van der Waals surface area contributed by atoms with Gasteiger partial charge in [0.1, 0.15) is 5.58 Å². The predicted molar refractivity (Wildman–Crippen MR) is 90.6 cm³/mol. The number of hydrogen-bond acceptors (Lipinski definition) is 4. The van der Waals surface area contributed by atoms with Crippen LogP contribution in [0.15, 0.2) is 57.7 Å². The molecule has 0 radical (unpaired) electrons. The highest BCUT2D eigenvalue weighted by molar-refractivity contribution is 6.08. The van der Waals surface area contributed by atoms with Crippen LogP contribution in [0.1, 0.15) is 0 Å². The molecule has 4 heteroatoms. The van der Waals surface area contributed by atoms with Gasteiger partial charge in [0.15, 0.2) is 11.3 Å². The van der Waals surface area contributed by atoms with E-state index in [0.717, 1.165) is 10.8 Å². The van der Waals surface area contributed by atoms with Crippen molar-refractivity contribution >= 4 is 32.7 Å². The molecular weight excluding hydrogens is 292 g/mol. The Morgan fingerprint density at radius 2 is 1.70 bits per heavy atom. The third kappa shape index (κ3) is 1.88. The van der Waals surface area contributed by atoms with Crippen molar-refractivity contribution in [1.29, 1.82) is 0 Å². The first kappa shape index (κ1) is 13.6. The molecule has 1 aromatic heterocycles. The molecule has 4 aromatic rings. The number of ether oxygens (including phenoxy) is 2. The second kappa shape index (κ2) is 5.02. The summed E-state index contributed by atoms with van der Waals surface area (Å²) in [6.45, 7) is 0. The fourth-order valence-electron chi connectivity index (χ4n) is 2.99. The van der Waals surface area contributed by atoms with E-state index in [0.29, 0.717) is 33.4 Å².